The number of thiazole rings is 1. The third-order valence-electron chi connectivity index (χ3n) is 2.46. The van der Waals surface area contributed by atoms with Crippen LogP contribution in [0.1, 0.15) is 37.0 Å². The van der Waals surface area contributed by atoms with E-state index in [0.717, 1.165) is 23.8 Å². The molecule has 0 unspecified atom stereocenters. The average Bonchev–Trinajstić information content (AvgIpc) is 2.85. The van der Waals surface area contributed by atoms with Crippen molar-refractivity contribution in [2.45, 2.75) is 46.3 Å². The smallest absolute Gasteiger partial charge is 0.107 e. The Hall–Kier alpha value is -1.20. The summed E-state index contributed by atoms with van der Waals surface area (Å²) in [5, 5.41) is 11.0. The lowest BCUT2D eigenvalue weighted by atomic mass is 10.1. The summed E-state index contributed by atoms with van der Waals surface area (Å²) in [4.78, 5) is 4.61. The second-order valence-corrected chi connectivity index (χ2v) is 6.49. The number of hydrogen-bond acceptors (Lipinski definition) is 4. The van der Waals surface area contributed by atoms with Gasteiger partial charge in [0.15, 0.2) is 0 Å². The van der Waals surface area contributed by atoms with Gasteiger partial charge in [-0.3, -0.25) is 4.68 Å². The molecule has 0 fully saturated rings. The van der Waals surface area contributed by atoms with E-state index in [-0.39, 0.29) is 5.54 Å². The molecule has 18 heavy (non-hydrogen) atoms. The average molecular weight is 264 g/mol. The monoisotopic (exact) mass is 264 g/mol. The Balaban J connectivity index is 1.94. The van der Waals surface area contributed by atoms with Gasteiger partial charge in [0, 0.05) is 23.7 Å². The minimum atomic E-state index is 0.130. The molecule has 0 aromatic carbocycles. The third kappa shape index (κ3) is 3.92. The molecule has 5 heteroatoms. The highest BCUT2D eigenvalue weighted by Crippen LogP contribution is 2.12. The van der Waals surface area contributed by atoms with Gasteiger partial charge in [0.1, 0.15) is 5.01 Å². The van der Waals surface area contributed by atoms with Gasteiger partial charge in [-0.05, 0) is 33.3 Å². The number of rotatable bonds is 4. The van der Waals surface area contributed by atoms with Crippen LogP contribution in [0.5, 0.6) is 0 Å². The maximum atomic E-state index is 4.61. The first-order valence-electron chi connectivity index (χ1n) is 6.10. The van der Waals surface area contributed by atoms with Crippen LogP contribution in [0.2, 0.25) is 0 Å². The van der Waals surface area contributed by atoms with E-state index in [1.165, 1.54) is 5.56 Å². The zero-order valence-electron chi connectivity index (χ0n) is 11.4. The molecule has 0 saturated heterocycles. The molecule has 0 aliphatic carbocycles. The van der Waals surface area contributed by atoms with Crippen LogP contribution in [0.15, 0.2) is 17.8 Å². The summed E-state index contributed by atoms with van der Waals surface area (Å²) < 4.78 is 1.92. The second kappa shape index (κ2) is 5.20. The number of aryl methyl sites for hydroxylation is 1. The predicted octanol–water partition coefficient (Wildman–Crippen LogP) is 2.58. The summed E-state index contributed by atoms with van der Waals surface area (Å²) in [6, 6.07) is 0. The van der Waals surface area contributed by atoms with Crippen molar-refractivity contribution in [3.8, 4) is 0 Å². The van der Waals surface area contributed by atoms with Crippen molar-refractivity contribution in [3.63, 3.8) is 0 Å². The van der Waals surface area contributed by atoms with Gasteiger partial charge in [-0.25, -0.2) is 4.98 Å². The molecule has 98 valence electrons. The first kappa shape index (κ1) is 13.2. The summed E-state index contributed by atoms with van der Waals surface area (Å²) in [6.07, 6.45) is 3.90. The molecular weight excluding hydrogens is 244 g/mol. The lowest BCUT2D eigenvalue weighted by Gasteiger charge is -2.19. The van der Waals surface area contributed by atoms with Gasteiger partial charge in [0.25, 0.3) is 0 Å². The maximum absolute atomic E-state index is 4.61. The molecule has 4 nitrogen and oxygen atoms in total. The summed E-state index contributed by atoms with van der Waals surface area (Å²) in [7, 11) is 0. The van der Waals surface area contributed by atoms with Gasteiger partial charge < -0.3 is 5.32 Å². The number of nitrogens with zero attached hydrogens (tertiary/aromatic N) is 3. The lowest BCUT2D eigenvalue weighted by molar-refractivity contribution is 0.423. The Morgan fingerprint density at radius 3 is 2.78 bits per heavy atom. The third-order valence-corrected chi connectivity index (χ3v) is 3.35. The van der Waals surface area contributed by atoms with Crippen LogP contribution < -0.4 is 5.32 Å². The standard InChI is InChI=1S/C13H20N4S/c1-10-5-15-17(7-10)8-11-9-18-12(16-11)6-14-13(2,3)4/h5,7,9,14H,6,8H2,1-4H3. The molecule has 2 heterocycles. The fourth-order valence-corrected chi connectivity index (χ4v) is 2.29. The molecule has 0 amide bonds. The van der Waals surface area contributed by atoms with Crippen molar-refractivity contribution in [3.05, 3.63) is 34.0 Å². The van der Waals surface area contributed by atoms with Crippen molar-refractivity contribution in [1.29, 1.82) is 0 Å². The number of aromatic nitrogens is 3. The van der Waals surface area contributed by atoms with Crippen LogP contribution in [0.3, 0.4) is 0 Å². The van der Waals surface area contributed by atoms with Gasteiger partial charge in [-0.1, -0.05) is 0 Å². The van der Waals surface area contributed by atoms with E-state index in [1.807, 2.05) is 24.0 Å². The van der Waals surface area contributed by atoms with E-state index in [4.69, 9.17) is 0 Å². The van der Waals surface area contributed by atoms with Gasteiger partial charge in [-0.2, -0.15) is 5.10 Å². The quantitative estimate of drug-likeness (QED) is 0.923. The highest BCUT2D eigenvalue weighted by atomic mass is 32.1. The Morgan fingerprint density at radius 1 is 1.39 bits per heavy atom. The molecular formula is C13H20N4S. The molecule has 2 rings (SSSR count). The largest absolute Gasteiger partial charge is 0.306 e. The SMILES string of the molecule is Cc1cnn(Cc2csc(CNC(C)(C)C)n2)c1. The first-order chi connectivity index (χ1) is 8.42. The molecule has 0 spiro atoms. The Labute approximate surface area is 112 Å². The van der Waals surface area contributed by atoms with Crippen molar-refractivity contribution in [1.82, 2.24) is 20.1 Å². The fourth-order valence-electron chi connectivity index (χ4n) is 1.56. The molecule has 0 saturated carbocycles. The molecule has 2 aromatic rings. The summed E-state index contributed by atoms with van der Waals surface area (Å²) in [5.41, 5.74) is 2.39. The summed E-state index contributed by atoms with van der Waals surface area (Å²) in [5.74, 6) is 0. The predicted molar refractivity (Wildman–Crippen MR) is 74.8 cm³/mol. The first-order valence-corrected chi connectivity index (χ1v) is 6.98. The van der Waals surface area contributed by atoms with Crippen LogP contribution in [0.4, 0.5) is 0 Å². The van der Waals surface area contributed by atoms with E-state index in [2.05, 4.69) is 41.6 Å². The van der Waals surface area contributed by atoms with Gasteiger partial charge in [0.2, 0.25) is 0 Å². The van der Waals surface area contributed by atoms with Crippen molar-refractivity contribution in [2.24, 2.45) is 0 Å². The van der Waals surface area contributed by atoms with Gasteiger partial charge in [0.05, 0.1) is 18.4 Å². The van der Waals surface area contributed by atoms with E-state index in [9.17, 15) is 0 Å². The van der Waals surface area contributed by atoms with E-state index in [0.29, 0.717) is 0 Å². The molecule has 1 N–H and O–H groups in total. The Kier molecular flexibility index (Phi) is 3.82. The minimum absolute atomic E-state index is 0.130. The molecule has 0 aliphatic heterocycles. The maximum Gasteiger partial charge on any atom is 0.107 e. The topological polar surface area (TPSA) is 42.7 Å². The lowest BCUT2D eigenvalue weighted by Crippen LogP contribution is -2.35. The van der Waals surface area contributed by atoms with Crippen LogP contribution >= 0.6 is 11.3 Å². The minimum Gasteiger partial charge on any atom is -0.306 e. The molecule has 0 atom stereocenters. The fraction of sp³-hybridized carbons (Fsp3) is 0.538. The van der Waals surface area contributed by atoms with Crippen LogP contribution in [0, 0.1) is 6.92 Å². The second-order valence-electron chi connectivity index (χ2n) is 5.55. The van der Waals surface area contributed by atoms with Crippen LogP contribution in [-0.4, -0.2) is 20.3 Å². The summed E-state index contributed by atoms with van der Waals surface area (Å²) >= 11 is 1.70. The van der Waals surface area contributed by atoms with Gasteiger partial charge in [-0.15, -0.1) is 11.3 Å². The number of hydrogen-bond donors (Lipinski definition) is 1. The molecule has 0 radical (unpaired) electrons. The van der Waals surface area contributed by atoms with E-state index < -0.39 is 0 Å². The van der Waals surface area contributed by atoms with E-state index in [1.54, 1.807) is 11.3 Å². The molecule has 0 bridgehead atoms. The van der Waals surface area contributed by atoms with Gasteiger partial charge >= 0.3 is 0 Å². The normalized spacial score (nSPS) is 12.0. The Morgan fingerprint density at radius 2 is 2.17 bits per heavy atom. The Bertz CT molecular complexity index is 507. The molecule has 2 aromatic heterocycles. The summed E-state index contributed by atoms with van der Waals surface area (Å²) in [6.45, 7) is 10.1. The zero-order valence-corrected chi connectivity index (χ0v) is 12.2. The highest BCUT2D eigenvalue weighted by molar-refractivity contribution is 7.09. The van der Waals surface area contributed by atoms with E-state index >= 15 is 0 Å². The van der Waals surface area contributed by atoms with Crippen molar-refractivity contribution in [2.75, 3.05) is 0 Å². The van der Waals surface area contributed by atoms with Crippen molar-refractivity contribution >= 4 is 11.3 Å². The van der Waals surface area contributed by atoms with Crippen LogP contribution in [-0.2, 0) is 13.1 Å². The van der Waals surface area contributed by atoms with Crippen molar-refractivity contribution < 1.29 is 0 Å². The van der Waals surface area contributed by atoms with Crippen LogP contribution in [0.25, 0.3) is 0 Å². The molecule has 0 aliphatic rings. The highest BCUT2D eigenvalue weighted by Gasteiger charge is 2.10. The zero-order chi connectivity index (χ0) is 13.2. The number of nitrogens with one attached hydrogen (secondary N) is 1.